The lowest BCUT2D eigenvalue weighted by molar-refractivity contribution is 0.0603. The third kappa shape index (κ3) is 3.05. The number of hydrogen-bond acceptors (Lipinski definition) is 3. The van der Waals surface area contributed by atoms with Crippen LogP contribution >= 0.6 is 27.3 Å². The van der Waals surface area contributed by atoms with Crippen molar-refractivity contribution in [1.82, 2.24) is 5.32 Å². The van der Waals surface area contributed by atoms with E-state index in [0.717, 1.165) is 22.3 Å². The van der Waals surface area contributed by atoms with E-state index in [1.807, 2.05) is 18.4 Å². The lowest BCUT2D eigenvalue weighted by Crippen LogP contribution is -2.35. The summed E-state index contributed by atoms with van der Waals surface area (Å²) in [4.78, 5) is 0.987. The maximum Gasteiger partial charge on any atom is 0.109 e. The van der Waals surface area contributed by atoms with E-state index in [1.54, 1.807) is 11.3 Å². The van der Waals surface area contributed by atoms with Crippen LogP contribution in [0.15, 0.2) is 15.9 Å². The summed E-state index contributed by atoms with van der Waals surface area (Å²) >= 11 is 5.01. The molecule has 0 fully saturated rings. The van der Waals surface area contributed by atoms with Crippen LogP contribution in [-0.2, 0) is 5.60 Å². The number of thiophene rings is 1. The molecular formula is C10H16BrNOS. The monoisotopic (exact) mass is 277 g/mol. The molecule has 14 heavy (non-hydrogen) atoms. The summed E-state index contributed by atoms with van der Waals surface area (Å²) in [5.74, 6) is 0. The predicted molar refractivity (Wildman–Crippen MR) is 64.8 cm³/mol. The molecule has 0 amide bonds. The van der Waals surface area contributed by atoms with Crippen LogP contribution in [0.1, 0.15) is 25.1 Å². The molecule has 4 heteroatoms. The van der Waals surface area contributed by atoms with E-state index in [4.69, 9.17) is 0 Å². The van der Waals surface area contributed by atoms with Crippen molar-refractivity contribution in [3.8, 4) is 0 Å². The number of rotatable bonds is 5. The van der Waals surface area contributed by atoms with E-state index in [0.29, 0.717) is 6.54 Å². The van der Waals surface area contributed by atoms with Crippen LogP contribution in [0.5, 0.6) is 0 Å². The predicted octanol–water partition coefficient (Wildman–Crippen LogP) is 2.72. The topological polar surface area (TPSA) is 32.3 Å². The zero-order valence-corrected chi connectivity index (χ0v) is 10.9. The van der Waals surface area contributed by atoms with Gasteiger partial charge in [-0.15, -0.1) is 11.3 Å². The molecule has 1 rings (SSSR count). The molecule has 0 saturated carbocycles. The zero-order valence-electron chi connectivity index (χ0n) is 8.51. The summed E-state index contributed by atoms with van der Waals surface area (Å²) in [5, 5.41) is 15.4. The maximum atomic E-state index is 10.2. The molecule has 1 atom stereocenters. The minimum atomic E-state index is -0.776. The lowest BCUT2D eigenvalue weighted by atomic mass is 10.1. The van der Waals surface area contributed by atoms with Crippen molar-refractivity contribution in [2.45, 2.75) is 25.9 Å². The first-order valence-electron chi connectivity index (χ1n) is 4.74. The summed E-state index contributed by atoms with van der Waals surface area (Å²) in [6.45, 7) is 5.49. The van der Waals surface area contributed by atoms with Gasteiger partial charge in [-0.3, -0.25) is 0 Å². The summed E-state index contributed by atoms with van der Waals surface area (Å²) < 4.78 is 0.991. The second-order valence-corrected chi connectivity index (χ2v) is 5.32. The van der Waals surface area contributed by atoms with Crippen molar-refractivity contribution in [2.24, 2.45) is 0 Å². The Morgan fingerprint density at radius 3 is 2.86 bits per heavy atom. The highest BCUT2D eigenvalue weighted by molar-refractivity contribution is 9.10. The molecule has 0 aliphatic carbocycles. The van der Waals surface area contributed by atoms with Crippen LogP contribution in [0, 0.1) is 0 Å². The molecule has 2 nitrogen and oxygen atoms in total. The Morgan fingerprint density at radius 2 is 2.36 bits per heavy atom. The normalized spacial score (nSPS) is 15.4. The molecular weight excluding hydrogens is 262 g/mol. The average molecular weight is 278 g/mol. The van der Waals surface area contributed by atoms with Crippen LogP contribution in [0.4, 0.5) is 0 Å². The van der Waals surface area contributed by atoms with Gasteiger partial charge in [0.15, 0.2) is 0 Å². The van der Waals surface area contributed by atoms with Gasteiger partial charge < -0.3 is 10.4 Å². The van der Waals surface area contributed by atoms with E-state index < -0.39 is 5.60 Å². The molecule has 0 aliphatic heterocycles. The second kappa shape index (κ2) is 5.26. The molecule has 0 radical (unpaired) electrons. The first-order chi connectivity index (χ1) is 6.58. The largest absolute Gasteiger partial charge is 0.383 e. The standard InChI is InChI=1S/C10H16BrNOS/c1-3-5-12-7-10(2,13)9-8(11)4-6-14-9/h4,6,12-13H,3,5,7H2,1-2H3. The summed E-state index contributed by atoms with van der Waals surface area (Å²) in [6, 6.07) is 1.97. The van der Waals surface area contributed by atoms with Crippen molar-refractivity contribution >= 4 is 27.3 Å². The van der Waals surface area contributed by atoms with E-state index >= 15 is 0 Å². The van der Waals surface area contributed by atoms with Crippen molar-refractivity contribution in [3.05, 3.63) is 20.8 Å². The van der Waals surface area contributed by atoms with Crippen molar-refractivity contribution in [2.75, 3.05) is 13.1 Å². The van der Waals surface area contributed by atoms with Crippen LogP contribution in [0.3, 0.4) is 0 Å². The molecule has 1 aromatic rings. The summed E-state index contributed by atoms with van der Waals surface area (Å²) in [5.41, 5.74) is -0.776. The van der Waals surface area contributed by atoms with Gasteiger partial charge in [0.25, 0.3) is 0 Å². The highest BCUT2D eigenvalue weighted by Gasteiger charge is 2.26. The first-order valence-corrected chi connectivity index (χ1v) is 6.41. The van der Waals surface area contributed by atoms with Crippen molar-refractivity contribution in [3.63, 3.8) is 0 Å². The molecule has 1 heterocycles. The molecule has 1 unspecified atom stereocenters. The quantitative estimate of drug-likeness (QED) is 0.812. The van der Waals surface area contributed by atoms with E-state index in [9.17, 15) is 5.11 Å². The summed E-state index contributed by atoms with van der Waals surface area (Å²) in [7, 11) is 0. The third-order valence-electron chi connectivity index (χ3n) is 2.00. The Labute approximate surface area is 97.5 Å². The molecule has 0 bridgehead atoms. The smallest absolute Gasteiger partial charge is 0.109 e. The highest BCUT2D eigenvalue weighted by Crippen LogP contribution is 2.32. The molecule has 1 aromatic heterocycles. The van der Waals surface area contributed by atoms with E-state index in [2.05, 4.69) is 28.2 Å². The Bertz CT molecular complexity index is 285. The molecule has 2 N–H and O–H groups in total. The number of aliphatic hydroxyl groups is 1. The van der Waals surface area contributed by atoms with Gasteiger partial charge in [-0.25, -0.2) is 0 Å². The fourth-order valence-electron chi connectivity index (χ4n) is 1.27. The van der Waals surface area contributed by atoms with E-state index in [-0.39, 0.29) is 0 Å². The number of halogens is 1. The minimum absolute atomic E-state index is 0.597. The van der Waals surface area contributed by atoms with Gasteiger partial charge in [0.05, 0.1) is 4.88 Å². The molecule has 0 aliphatic rings. The fourth-order valence-corrected chi connectivity index (χ4v) is 3.13. The molecule has 80 valence electrons. The Balaban J connectivity index is 2.61. The SMILES string of the molecule is CCCNCC(C)(O)c1sccc1Br. The van der Waals surface area contributed by atoms with Crippen molar-refractivity contribution in [1.29, 1.82) is 0 Å². The van der Waals surface area contributed by atoms with Crippen LogP contribution < -0.4 is 5.32 Å². The minimum Gasteiger partial charge on any atom is -0.383 e. The van der Waals surface area contributed by atoms with Gasteiger partial charge in [0.1, 0.15) is 5.60 Å². The fraction of sp³-hybridized carbons (Fsp3) is 0.600. The Hall–Kier alpha value is 0.100. The number of hydrogen-bond donors (Lipinski definition) is 2. The lowest BCUT2D eigenvalue weighted by Gasteiger charge is -2.23. The molecule has 0 spiro atoms. The molecule has 0 aromatic carbocycles. The first kappa shape index (κ1) is 12.2. The third-order valence-corrected chi connectivity index (χ3v) is 4.09. The Kier molecular flexibility index (Phi) is 4.57. The van der Waals surface area contributed by atoms with Gasteiger partial charge in [0, 0.05) is 11.0 Å². The molecule has 0 saturated heterocycles. The van der Waals surface area contributed by atoms with Crippen molar-refractivity contribution < 1.29 is 5.11 Å². The van der Waals surface area contributed by atoms with Gasteiger partial charge in [-0.05, 0) is 47.3 Å². The van der Waals surface area contributed by atoms with Gasteiger partial charge >= 0.3 is 0 Å². The second-order valence-electron chi connectivity index (χ2n) is 3.55. The van der Waals surface area contributed by atoms with Gasteiger partial charge in [-0.1, -0.05) is 6.92 Å². The Morgan fingerprint density at radius 1 is 1.64 bits per heavy atom. The zero-order chi connectivity index (χ0) is 10.6. The average Bonchev–Trinajstić information content (AvgIpc) is 2.52. The number of nitrogens with one attached hydrogen (secondary N) is 1. The maximum absolute atomic E-state index is 10.2. The summed E-state index contributed by atoms with van der Waals surface area (Å²) in [6.07, 6.45) is 1.09. The van der Waals surface area contributed by atoms with Gasteiger partial charge in [0.2, 0.25) is 0 Å². The van der Waals surface area contributed by atoms with Crippen LogP contribution in [-0.4, -0.2) is 18.2 Å². The highest BCUT2D eigenvalue weighted by atomic mass is 79.9. The van der Waals surface area contributed by atoms with Crippen LogP contribution in [0.25, 0.3) is 0 Å². The van der Waals surface area contributed by atoms with E-state index in [1.165, 1.54) is 0 Å². The van der Waals surface area contributed by atoms with Crippen LogP contribution in [0.2, 0.25) is 0 Å². The van der Waals surface area contributed by atoms with Gasteiger partial charge in [-0.2, -0.15) is 0 Å².